The number of anilines is 1. The van der Waals surface area contributed by atoms with Gasteiger partial charge < -0.3 is 9.80 Å². The van der Waals surface area contributed by atoms with Crippen molar-refractivity contribution in [2.24, 2.45) is 0 Å². The summed E-state index contributed by atoms with van der Waals surface area (Å²) in [7, 11) is 0. The molecule has 0 unspecified atom stereocenters. The van der Waals surface area contributed by atoms with Gasteiger partial charge in [0.25, 0.3) is 5.91 Å². The van der Waals surface area contributed by atoms with E-state index < -0.39 is 0 Å². The van der Waals surface area contributed by atoms with Crippen LogP contribution in [0.3, 0.4) is 0 Å². The number of aryl methyl sites for hydroxylation is 1. The lowest BCUT2D eigenvalue weighted by Crippen LogP contribution is -2.49. The minimum atomic E-state index is -0.0189. The molecule has 1 aliphatic rings. The monoisotopic (exact) mass is 339 g/mol. The Morgan fingerprint density at radius 1 is 1.12 bits per heavy atom. The van der Waals surface area contributed by atoms with Crippen LogP contribution in [0.4, 0.5) is 5.69 Å². The highest BCUT2D eigenvalue weighted by molar-refractivity contribution is 6.30. The largest absolute Gasteiger partial charge is 0.368 e. The molecule has 1 saturated heterocycles. The van der Waals surface area contributed by atoms with Gasteiger partial charge in [-0.1, -0.05) is 23.7 Å². The van der Waals surface area contributed by atoms with Crippen LogP contribution >= 0.6 is 11.6 Å². The van der Waals surface area contributed by atoms with Gasteiger partial charge in [0.05, 0.1) is 11.6 Å². The maximum atomic E-state index is 12.6. The molecule has 0 aromatic heterocycles. The molecule has 0 spiro atoms. The third-order valence-corrected chi connectivity index (χ3v) is 4.55. The van der Waals surface area contributed by atoms with Crippen molar-refractivity contribution in [3.8, 4) is 6.07 Å². The van der Waals surface area contributed by atoms with Crippen molar-refractivity contribution < 1.29 is 4.79 Å². The van der Waals surface area contributed by atoms with Crippen LogP contribution in [0.25, 0.3) is 0 Å². The van der Waals surface area contributed by atoms with Crippen molar-refractivity contribution in [1.82, 2.24) is 4.90 Å². The Hall–Kier alpha value is -2.51. The molecule has 5 heteroatoms. The Labute approximate surface area is 146 Å². The number of hydrogen-bond donors (Lipinski definition) is 0. The number of amides is 1. The molecule has 0 bridgehead atoms. The molecular formula is C19H18ClN3O. The molecule has 0 radical (unpaired) electrons. The number of hydrogen-bond acceptors (Lipinski definition) is 3. The van der Waals surface area contributed by atoms with Gasteiger partial charge in [-0.15, -0.1) is 0 Å². The summed E-state index contributed by atoms with van der Waals surface area (Å²) in [5, 5.41) is 9.70. The first-order valence-electron chi connectivity index (χ1n) is 7.89. The zero-order chi connectivity index (χ0) is 17.1. The lowest BCUT2D eigenvalue weighted by molar-refractivity contribution is 0.0746. The van der Waals surface area contributed by atoms with Crippen LogP contribution in [-0.4, -0.2) is 37.0 Å². The number of piperazine rings is 1. The van der Waals surface area contributed by atoms with E-state index in [1.165, 1.54) is 5.56 Å². The second kappa shape index (κ2) is 6.94. The molecule has 0 saturated carbocycles. The Kier molecular flexibility index (Phi) is 4.73. The maximum Gasteiger partial charge on any atom is 0.254 e. The predicted octanol–water partition coefficient (Wildman–Crippen LogP) is 3.48. The normalized spacial score (nSPS) is 14.4. The summed E-state index contributed by atoms with van der Waals surface area (Å²) in [5.41, 5.74) is 3.39. The van der Waals surface area contributed by atoms with Crippen LogP contribution in [-0.2, 0) is 0 Å². The quantitative estimate of drug-likeness (QED) is 0.841. The molecule has 1 fully saturated rings. The smallest absolute Gasteiger partial charge is 0.254 e. The van der Waals surface area contributed by atoms with Crippen LogP contribution in [0.15, 0.2) is 42.5 Å². The number of halogens is 1. The number of carbonyl (C=O) groups is 1. The van der Waals surface area contributed by atoms with Gasteiger partial charge in [-0.05, 0) is 42.8 Å². The van der Waals surface area contributed by atoms with Crippen LogP contribution < -0.4 is 4.90 Å². The molecule has 1 heterocycles. The predicted molar refractivity (Wildman–Crippen MR) is 95.5 cm³/mol. The molecule has 2 aromatic rings. The van der Waals surface area contributed by atoms with Gasteiger partial charge in [-0.25, -0.2) is 0 Å². The fraction of sp³-hybridized carbons (Fsp3) is 0.263. The molecule has 4 nitrogen and oxygen atoms in total. The van der Waals surface area contributed by atoms with E-state index in [0.717, 1.165) is 23.8 Å². The molecule has 2 aromatic carbocycles. The van der Waals surface area contributed by atoms with Gasteiger partial charge in [0, 0.05) is 42.5 Å². The average molecular weight is 340 g/mol. The first-order valence-corrected chi connectivity index (χ1v) is 8.27. The summed E-state index contributed by atoms with van der Waals surface area (Å²) in [6.45, 7) is 4.91. The standard InChI is InChI=1S/C19H18ClN3O/c1-14-5-6-17(20)12-18(14)22-7-9-23(10-8-22)19(24)16-4-2-3-15(11-16)13-21/h2-6,11-12H,7-10H2,1H3. The highest BCUT2D eigenvalue weighted by atomic mass is 35.5. The van der Waals surface area contributed by atoms with Crippen molar-refractivity contribution in [3.63, 3.8) is 0 Å². The lowest BCUT2D eigenvalue weighted by Gasteiger charge is -2.37. The number of carbonyl (C=O) groups excluding carboxylic acids is 1. The first-order chi connectivity index (χ1) is 11.6. The molecule has 0 N–H and O–H groups in total. The van der Waals surface area contributed by atoms with Crippen molar-refractivity contribution in [3.05, 3.63) is 64.2 Å². The fourth-order valence-electron chi connectivity index (χ4n) is 2.98. The highest BCUT2D eigenvalue weighted by Gasteiger charge is 2.23. The van der Waals surface area contributed by atoms with E-state index in [4.69, 9.17) is 16.9 Å². The van der Waals surface area contributed by atoms with Gasteiger partial charge in [-0.2, -0.15) is 5.26 Å². The summed E-state index contributed by atoms with van der Waals surface area (Å²) >= 11 is 6.11. The van der Waals surface area contributed by atoms with Gasteiger partial charge in [0.15, 0.2) is 0 Å². The summed E-state index contributed by atoms with van der Waals surface area (Å²) < 4.78 is 0. The molecule has 1 aliphatic heterocycles. The van der Waals surface area contributed by atoms with E-state index in [0.29, 0.717) is 24.2 Å². The number of rotatable bonds is 2. The molecular weight excluding hydrogens is 322 g/mol. The van der Waals surface area contributed by atoms with Crippen LogP contribution in [0, 0.1) is 18.3 Å². The molecule has 3 rings (SSSR count). The Balaban J connectivity index is 1.69. The van der Waals surface area contributed by atoms with E-state index in [1.54, 1.807) is 24.3 Å². The number of benzene rings is 2. The molecule has 24 heavy (non-hydrogen) atoms. The third kappa shape index (κ3) is 3.37. The number of nitrogens with zero attached hydrogens (tertiary/aromatic N) is 3. The van der Waals surface area contributed by atoms with E-state index in [1.807, 2.05) is 23.1 Å². The Morgan fingerprint density at radius 2 is 1.88 bits per heavy atom. The van der Waals surface area contributed by atoms with E-state index in [2.05, 4.69) is 17.9 Å². The fourth-order valence-corrected chi connectivity index (χ4v) is 3.14. The molecule has 0 aliphatic carbocycles. The Morgan fingerprint density at radius 3 is 2.58 bits per heavy atom. The third-order valence-electron chi connectivity index (χ3n) is 4.32. The first kappa shape index (κ1) is 16.4. The van der Waals surface area contributed by atoms with E-state index >= 15 is 0 Å². The van der Waals surface area contributed by atoms with Gasteiger partial charge in [0.2, 0.25) is 0 Å². The van der Waals surface area contributed by atoms with Crippen LogP contribution in [0.2, 0.25) is 5.02 Å². The Bertz CT molecular complexity index is 804. The zero-order valence-electron chi connectivity index (χ0n) is 13.5. The molecule has 0 atom stereocenters. The van der Waals surface area contributed by atoms with Crippen molar-refractivity contribution in [2.75, 3.05) is 31.1 Å². The van der Waals surface area contributed by atoms with Crippen LogP contribution in [0.5, 0.6) is 0 Å². The van der Waals surface area contributed by atoms with Crippen molar-refractivity contribution in [2.45, 2.75) is 6.92 Å². The minimum absolute atomic E-state index is 0.0189. The summed E-state index contributed by atoms with van der Waals surface area (Å²) in [6, 6.07) is 14.8. The number of nitriles is 1. The molecule has 122 valence electrons. The van der Waals surface area contributed by atoms with Crippen molar-refractivity contribution in [1.29, 1.82) is 5.26 Å². The summed E-state index contributed by atoms with van der Waals surface area (Å²) in [5.74, 6) is -0.0189. The minimum Gasteiger partial charge on any atom is -0.368 e. The van der Waals surface area contributed by atoms with Gasteiger partial charge in [-0.3, -0.25) is 4.79 Å². The second-order valence-corrected chi connectivity index (χ2v) is 6.34. The molecule has 1 amide bonds. The maximum absolute atomic E-state index is 12.6. The van der Waals surface area contributed by atoms with Crippen molar-refractivity contribution >= 4 is 23.2 Å². The second-order valence-electron chi connectivity index (χ2n) is 5.90. The topological polar surface area (TPSA) is 47.3 Å². The SMILES string of the molecule is Cc1ccc(Cl)cc1N1CCN(C(=O)c2cccc(C#N)c2)CC1. The van der Waals surface area contributed by atoms with Crippen LogP contribution in [0.1, 0.15) is 21.5 Å². The van der Waals surface area contributed by atoms with Gasteiger partial charge >= 0.3 is 0 Å². The summed E-state index contributed by atoms with van der Waals surface area (Å²) in [6.07, 6.45) is 0. The van der Waals surface area contributed by atoms with Gasteiger partial charge in [0.1, 0.15) is 0 Å². The lowest BCUT2D eigenvalue weighted by atomic mass is 10.1. The highest BCUT2D eigenvalue weighted by Crippen LogP contribution is 2.25. The zero-order valence-corrected chi connectivity index (χ0v) is 14.3. The summed E-state index contributed by atoms with van der Waals surface area (Å²) in [4.78, 5) is 16.7. The van der Waals surface area contributed by atoms with E-state index in [-0.39, 0.29) is 5.91 Å². The van der Waals surface area contributed by atoms with E-state index in [9.17, 15) is 4.79 Å². The average Bonchev–Trinajstić information content (AvgIpc) is 2.63.